The molecule has 0 saturated carbocycles. The van der Waals surface area contributed by atoms with Gasteiger partial charge >= 0.3 is 0 Å². The second-order valence-electron chi connectivity index (χ2n) is 7.33. The van der Waals surface area contributed by atoms with E-state index in [1.165, 1.54) is 11.3 Å². The predicted molar refractivity (Wildman–Crippen MR) is 128 cm³/mol. The molecule has 3 N–H and O–H groups in total. The summed E-state index contributed by atoms with van der Waals surface area (Å²) in [5.74, 6) is 2.50. The number of amides is 1. The van der Waals surface area contributed by atoms with E-state index in [1.54, 1.807) is 6.20 Å². The molecule has 0 unspecified atom stereocenters. The van der Waals surface area contributed by atoms with Crippen LogP contribution in [0.15, 0.2) is 48.7 Å². The molecule has 162 valence electrons. The summed E-state index contributed by atoms with van der Waals surface area (Å²) < 4.78 is 0. The third-order valence-corrected chi connectivity index (χ3v) is 5.61. The smallest absolute Gasteiger partial charge is 0.267 e. The molecule has 0 aliphatic rings. The number of rotatable bonds is 6. The van der Waals surface area contributed by atoms with Gasteiger partial charge in [0.15, 0.2) is 0 Å². The molecule has 0 bridgehead atoms. The second-order valence-corrected chi connectivity index (χ2v) is 8.54. The van der Waals surface area contributed by atoms with Gasteiger partial charge in [-0.3, -0.25) is 4.79 Å². The van der Waals surface area contributed by atoms with Crippen LogP contribution in [0.25, 0.3) is 0 Å². The average Bonchev–Trinajstić information content (AvgIpc) is 3.07. The summed E-state index contributed by atoms with van der Waals surface area (Å²) in [5.41, 5.74) is 3.40. The average molecular weight is 446 g/mol. The Labute approximate surface area is 190 Å². The Morgan fingerprint density at radius 2 is 1.50 bits per heavy atom. The topological polar surface area (TPSA) is 105 Å². The largest absolute Gasteiger partial charge is 0.340 e. The molecule has 4 rings (SSSR count). The van der Waals surface area contributed by atoms with Crippen LogP contribution in [-0.2, 0) is 0 Å². The zero-order valence-corrected chi connectivity index (χ0v) is 19.0. The maximum atomic E-state index is 12.5. The lowest BCUT2D eigenvalue weighted by Gasteiger charge is -2.11. The lowest BCUT2D eigenvalue weighted by Crippen LogP contribution is -2.11. The van der Waals surface area contributed by atoms with E-state index in [-0.39, 0.29) is 5.91 Å². The Balaban J connectivity index is 1.44. The van der Waals surface area contributed by atoms with Gasteiger partial charge in [-0.2, -0.15) is 0 Å². The SMILES string of the molecule is Cc1ccnc(Nc2cc(Nc3ccc(NC(=O)c4sc(C)nc4C)cc3)nc(C)n2)c1. The van der Waals surface area contributed by atoms with Crippen LogP contribution in [0.4, 0.5) is 28.8 Å². The molecular formula is C23H23N7OS. The van der Waals surface area contributed by atoms with Gasteiger partial charge in [0, 0.05) is 23.6 Å². The van der Waals surface area contributed by atoms with Crippen molar-refractivity contribution in [2.45, 2.75) is 27.7 Å². The Morgan fingerprint density at radius 3 is 2.16 bits per heavy atom. The van der Waals surface area contributed by atoms with Crippen molar-refractivity contribution in [3.05, 3.63) is 75.6 Å². The van der Waals surface area contributed by atoms with Crippen molar-refractivity contribution in [2.24, 2.45) is 0 Å². The number of hydrogen-bond acceptors (Lipinski definition) is 8. The van der Waals surface area contributed by atoms with Crippen LogP contribution < -0.4 is 16.0 Å². The van der Waals surface area contributed by atoms with Gasteiger partial charge in [-0.1, -0.05) is 0 Å². The highest BCUT2D eigenvalue weighted by atomic mass is 32.1. The number of nitrogens with zero attached hydrogens (tertiary/aromatic N) is 4. The van der Waals surface area contributed by atoms with Crippen molar-refractivity contribution < 1.29 is 4.79 Å². The number of benzene rings is 1. The maximum Gasteiger partial charge on any atom is 0.267 e. The molecule has 3 aromatic heterocycles. The van der Waals surface area contributed by atoms with Crippen LogP contribution in [0, 0.1) is 27.7 Å². The van der Waals surface area contributed by atoms with Gasteiger partial charge in [-0.05, 0) is 69.7 Å². The molecule has 8 nitrogen and oxygen atoms in total. The fourth-order valence-corrected chi connectivity index (χ4v) is 3.96. The van der Waals surface area contributed by atoms with E-state index in [2.05, 4.69) is 35.9 Å². The number of nitrogens with one attached hydrogen (secondary N) is 3. The van der Waals surface area contributed by atoms with Gasteiger partial charge in [0.25, 0.3) is 5.91 Å². The minimum atomic E-state index is -0.152. The molecule has 0 fully saturated rings. The number of aromatic nitrogens is 4. The Kier molecular flexibility index (Phi) is 6.09. The number of carbonyl (C=O) groups excluding carboxylic acids is 1. The molecule has 0 radical (unpaired) electrons. The molecule has 1 aromatic carbocycles. The molecule has 0 atom stereocenters. The standard InChI is InChI=1S/C23H23N7OS/c1-13-9-10-24-19(11-13)30-21-12-20(26-15(3)27-21)28-17-5-7-18(8-6-17)29-23(31)22-14(2)25-16(4)32-22/h5-12H,1-4H3,(H,29,31)(H2,24,26,27,28,30). The van der Waals surface area contributed by atoms with Crippen molar-refractivity contribution >= 4 is 46.1 Å². The molecule has 4 aromatic rings. The highest BCUT2D eigenvalue weighted by molar-refractivity contribution is 7.13. The van der Waals surface area contributed by atoms with E-state index < -0.39 is 0 Å². The molecule has 0 aliphatic heterocycles. The van der Waals surface area contributed by atoms with Crippen LogP contribution in [0.2, 0.25) is 0 Å². The Bertz CT molecular complexity index is 1270. The van der Waals surface area contributed by atoms with Crippen molar-refractivity contribution in [1.82, 2.24) is 19.9 Å². The highest BCUT2D eigenvalue weighted by Gasteiger charge is 2.14. The first-order valence-corrected chi connectivity index (χ1v) is 10.9. The van der Waals surface area contributed by atoms with Crippen LogP contribution in [0.5, 0.6) is 0 Å². The summed E-state index contributed by atoms with van der Waals surface area (Å²) in [6, 6.07) is 13.2. The first kappa shape index (κ1) is 21.4. The lowest BCUT2D eigenvalue weighted by atomic mass is 10.2. The Hall–Kier alpha value is -3.85. The molecule has 9 heteroatoms. The van der Waals surface area contributed by atoms with Crippen LogP contribution in [0.1, 0.15) is 31.8 Å². The number of carbonyl (C=O) groups is 1. The predicted octanol–water partition coefficient (Wildman–Crippen LogP) is 5.30. The van der Waals surface area contributed by atoms with Gasteiger partial charge in [-0.15, -0.1) is 11.3 Å². The Morgan fingerprint density at radius 1 is 0.812 bits per heavy atom. The number of aryl methyl sites for hydroxylation is 4. The molecule has 0 saturated heterocycles. The zero-order chi connectivity index (χ0) is 22.7. The van der Waals surface area contributed by atoms with E-state index >= 15 is 0 Å². The van der Waals surface area contributed by atoms with Crippen LogP contribution >= 0.6 is 11.3 Å². The maximum absolute atomic E-state index is 12.5. The monoisotopic (exact) mass is 445 g/mol. The first-order chi connectivity index (χ1) is 15.4. The zero-order valence-electron chi connectivity index (χ0n) is 18.2. The molecule has 0 spiro atoms. The third-order valence-electron chi connectivity index (χ3n) is 4.53. The summed E-state index contributed by atoms with van der Waals surface area (Å²) in [5, 5.41) is 10.3. The molecule has 0 aliphatic carbocycles. The number of pyridine rings is 1. The van der Waals surface area contributed by atoms with E-state index in [4.69, 9.17) is 0 Å². The quantitative estimate of drug-likeness (QED) is 0.370. The van der Waals surface area contributed by atoms with Gasteiger partial charge < -0.3 is 16.0 Å². The normalized spacial score (nSPS) is 10.6. The lowest BCUT2D eigenvalue weighted by molar-refractivity contribution is 0.103. The minimum absolute atomic E-state index is 0.152. The summed E-state index contributed by atoms with van der Waals surface area (Å²) in [6.07, 6.45) is 1.75. The second kappa shape index (κ2) is 9.11. The summed E-state index contributed by atoms with van der Waals surface area (Å²) in [7, 11) is 0. The van der Waals surface area contributed by atoms with E-state index in [0.717, 1.165) is 27.8 Å². The van der Waals surface area contributed by atoms with Gasteiger partial charge in [0.1, 0.15) is 28.2 Å². The van der Waals surface area contributed by atoms with Crippen molar-refractivity contribution in [3.63, 3.8) is 0 Å². The van der Waals surface area contributed by atoms with Crippen molar-refractivity contribution in [1.29, 1.82) is 0 Å². The fourth-order valence-electron chi connectivity index (χ4n) is 3.15. The molecule has 1 amide bonds. The third kappa shape index (κ3) is 5.25. The number of anilines is 5. The number of hydrogen-bond donors (Lipinski definition) is 3. The van der Waals surface area contributed by atoms with Gasteiger partial charge in [-0.25, -0.2) is 19.9 Å². The minimum Gasteiger partial charge on any atom is -0.340 e. The van der Waals surface area contributed by atoms with E-state index in [0.29, 0.717) is 28.0 Å². The van der Waals surface area contributed by atoms with E-state index in [9.17, 15) is 4.79 Å². The summed E-state index contributed by atoms with van der Waals surface area (Å²) in [6.45, 7) is 7.58. The van der Waals surface area contributed by atoms with Gasteiger partial charge in [0.2, 0.25) is 0 Å². The van der Waals surface area contributed by atoms with Crippen LogP contribution in [0.3, 0.4) is 0 Å². The van der Waals surface area contributed by atoms with E-state index in [1.807, 2.05) is 70.2 Å². The first-order valence-electron chi connectivity index (χ1n) is 10.0. The summed E-state index contributed by atoms with van der Waals surface area (Å²) >= 11 is 1.39. The van der Waals surface area contributed by atoms with Crippen molar-refractivity contribution in [2.75, 3.05) is 16.0 Å². The molecular weight excluding hydrogens is 422 g/mol. The highest BCUT2D eigenvalue weighted by Crippen LogP contribution is 2.23. The summed E-state index contributed by atoms with van der Waals surface area (Å²) in [4.78, 5) is 30.6. The van der Waals surface area contributed by atoms with Gasteiger partial charge in [0.05, 0.1) is 10.7 Å². The molecule has 3 heterocycles. The number of thiazole rings is 1. The fraction of sp³-hybridized carbons (Fsp3) is 0.174. The molecule has 32 heavy (non-hydrogen) atoms. The van der Waals surface area contributed by atoms with Crippen molar-refractivity contribution in [3.8, 4) is 0 Å². The van der Waals surface area contributed by atoms with Crippen LogP contribution in [-0.4, -0.2) is 25.8 Å².